The Kier molecular flexibility index (Phi) is 20.8. The Labute approximate surface area is 672 Å². The number of aryl methyl sites for hydroxylation is 1. The van der Waals surface area contributed by atoms with Crippen molar-refractivity contribution in [3.8, 4) is 28.4 Å². The molecule has 118 heavy (non-hydrogen) atoms. The molecule has 0 aliphatic carbocycles. The molecule has 10 heterocycles. The van der Waals surface area contributed by atoms with Gasteiger partial charge in [0.25, 0.3) is 5.91 Å². The Morgan fingerprint density at radius 2 is 0.881 bits per heavy atom. The number of anilines is 6. The number of esters is 1. The number of H-pyrrole nitrogens is 4. The Hall–Kier alpha value is -16.0. The van der Waals surface area contributed by atoms with Crippen molar-refractivity contribution in [2.45, 2.75) is 46.0 Å². The van der Waals surface area contributed by atoms with Crippen molar-refractivity contribution in [3.63, 3.8) is 0 Å². The average molecular weight is 1570 g/mol. The third-order valence-corrected chi connectivity index (χ3v) is 19.9. The fraction of sp³-hybridized carbons (Fsp3) is 0.125. The Balaban J connectivity index is 0.000000111. The number of hydrogen-bond acceptors (Lipinski definition) is 18. The summed E-state index contributed by atoms with van der Waals surface area (Å²) < 4.78 is 15.0. The van der Waals surface area contributed by atoms with Crippen LogP contribution in [0.1, 0.15) is 71.6 Å². The number of fused-ring (bicyclic) bond motifs is 10. The van der Waals surface area contributed by atoms with Gasteiger partial charge in [0.2, 0.25) is 17.6 Å². The number of para-hydroxylation sites is 8. The summed E-state index contributed by atoms with van der Waals surface area (Å²) in [5, 5.41) is 27.2. The number of hydrogen-bond donors (Lipinski definition) is 13. The molecule has 0 atom stereocenters. The number of ether oxygens (including phenoxy) is 1. The van der Waals surface area contributed by atoms with E-state index in [1.54, 1.807) is 18.7 Å². The van der Waals surface area contributed by atoms with Gasteiger partial charge in [0.1, 0.15) is 41.3 Å². The number of aromatic nitrogens is 14. The highest BCUT2D eigenvalue weighted by molar-refractivity contribution is 5.98. The van der Waals surface area contributed by atoms with E-state index >= 15 is 0 Å². The second-order valence-electron chi connectivity index (χ2n) is 28.2. The lowest BCUT2D eigenvalue weighted by molar-refractivity contribution is -0.120. The summed E-state index contributed by atoms with van der Waals surface area (Å²) >= 11 is 0. The monoisotopic (exact) mass is 1570 g/mol. The largest absolute Gasteiger partial charge is 0.463 e. The lowest BCUT2D eigenvalue weighted by Gasteiger charge is -2.13. The smallest absolute Gasteiger partial charge is 0.374 e. The topological polar surface area (TPSA) is 372 Å². The maximum atomic E-state index is 12.1. The van der Waals surface area contributed by atoms with Gasteiger partial charge in [-0.15, -0.1) is 0 Å². The van der Waals surface area contributed by atoms with E-state index in [-0.39, 0.29) is 40.8 Å². The van der Waals surface area contributed by atoms with Crippen molar-refractivity contribution in [1.29, 1.82) is 0 Å². The van der Waals surface area contributed by atoms with Crippen LogP contribution in [0.3, 0.4) is 0 Å². The fourth-order valence-corrected chi connectivity index (χ4v) is 14.5. The van der Waals surface area contributed by atoms with Gasteiger partial charge >= 0.3 is 17.3 Å². The number of aromatic amines is 4. The highest BCUT2D eigenvalue weighted by Crippen LogP contribution is 2.38. The summed E-state index contributed by atoms with van der Waals surface area (Å²) in [5.41, 5.74) is 23.0. The van der Waals surface area contributed by atoms with E-state index in [0.717, 1.165) is 175 Å². The second-order valence-corrected chi connectivity index (χ2v) is 28.2. The minimum atomic E-state index is -0.475. The number of amides is 3. The molecular formula is C88H81N23O7. The van der Waals surface area contributed by atoms with Crippen molar-refractivity contribution in [3.05, 3.63) is 300 Å². The number of carbonyl (C=O) groups is 4. The molecule has 30 heteroatoms. The van der Waals surface area contributed by atoms with Gasteiger partial charge < -0.3 is 72.5 Å². The molecule has 30 nitrogen and oxygen atoms in total. The molecule has 3 aliphatic heterocycles. The molecule has 10 aromatic carbocycles. The van der Waals surface area contributed by atoms with E-state index in [2.05, 4.69) is 160 Å². The Morgan fingerprint density at radius 1 is 0.441 bits per heavy atom. The number of imidazole rings is 7. The third-order valence-electron chi connectivity index (χ3n) is 19.9. The van der Waals surface area contributed by atoms with Crippen LogP contribution in [0.2, 0.25) is 0 Å². The molecule has 0 unspecified atom stereocenters. The number of nitrogens with one attached hydrogen (secondary N) is 13. The molecule has 0 spiro atoms. The Bertz CT molecular complexity index is 7000. The van der Waals surface area contributed by atoms with Gasteiger partial charge in [0.05, 0.1) is 124 Å². The second kappa shape index (κ2) is 32.2. The number of nitrogens with zero attached hydrogens (tertiary/aromatic N) is 10. The normalized spacial score (nSPS) is 12.2. The van der Waals surface area contributed by atoms with Crippen LogP contribution in [-0.2, 0) is 27.2 Å². The van der Waals surface area contributed by atoms with E-state index < -0.39 is 5.97 Å². The summed E-state index contributed by atoms with van der Waals surface area (Å²) in [7, 11) is 4.61. The van der Waals surface area contributed by atoms with Crippen molar-refractivity contribution >= 4 is 135 Å². The average Bonchev–Trinajstić information content (AvgIpc) is 1.62. The lowest BCUT2D eigenvalue weighted by Crippen LogP contribution is -2.23. The molecule has 0 fully saturated rings. The minimum Gasteiger partial charge on any atom is -0.463 e. The molecule has 0 saturated heterocycles. The van der Waals surface area contributed by atoms with Gasteiger partial charge in [-0.05, 0) is 158 Å². The molecular weight excluding hydrogens is 1490 g/mol. The quantitative estimate of drug-likeness (QED) is 0.0450. The van der Waals surface area contributed by atoms with E-state index in [0.29, 0.717) is 31.4 Å². The van der Waals surface area contributed by atoms with Gasteiger partial charge in [-0.2, -0.15) is 0 Å². The zero-order chi connectivity index (χ0) is 82.0. The summed E-state index contributed by atoms with van der Waals surface area (Å²) in [6, 6.07) is 66.7. The zero-order valence-corrected chi connectivity index (χ0v) is 65.1. The number of methoxy groups -OCH3 is 1. The maximum Gasteiger partial charge on any atom is 0.374 e. The number of carbonyl (C=O) groups excluding carboxylic acids is 4. The molecule has 17 aromatic rings. The van der Waals surface area contributed by atoms with Crippen LogP contribution in [0.25, 0.3) is 106 Å². The molecule has 590 valence electrons. The summed E-state index contributed by atoms with van der Waals surface area (Å²) in [6.45, 7) is 17.9. The molecule has 0 saturated carbocycles. The molecule has 3 amide bonds. The fourth-order valence-electron chi connectivity index (χ4n) is 14.5. The van der Waals surface area contributed by atoms with Crippen LogP contribution in [0, 0.1) is 0 Å². The van der Waals surface area contributed by atoms with E-state index in [1.165, 1.54) is 14.0 Å². The van der Waals surface area contributed by atoms with Crippen LogP contribution in [0.15, 0.2) is 259 Å². The van der Waals surface area contributed by atoms with Gasteiger partial charge in [0, 0.05) is 81.1 Å². The van der Waals surface area contributed by atoms with Gasteiger partial charge in [-0.1, -0.05) is 82.1 Å². The predicted molar refractivity (Wildman–Crippen MR) is 463 cm³/mol. The van der Waals surface area contributed by atoms with Crippen molar-refractivity contribution in [2.75, 3.05) is 59.7 Å². The van der Waals surface area contributed by atoms with Crippen molar-refractivity contribution in [2.24, 2.45) is 0 Å². The van der Waals surface area contributed by atoms with E-state index in [9.17, 15) is 28.8 Å². The molecule has 20 rings (SSSR count). The zero-order valence-electron chi connectivity index (χ0n) is 65.1. The van der Waals surface area contributed by atoms with Crippen LogP contribution in [0.5, 0.6) is 0 Å². The molecule has 7 aromatic heterocycles. The lowest BCUT2D eigenvalue weighted by atomic mass is 10.1. The number of rotatable bonds is 14. The van der Waals surface area contributed by atoms with Crippen LogP contribution >= 0.6 is 0 Å². The van der Waals surface area contributed by atoms with Crippen LogP contribution in [0.4, 0.5) is 34.1 Å². The predicted octanol–water partition coefficient (Wildman–Crippen LogP) is 14.0. The summed E-state index contributed by atoms with van der Waals surface area (Å²) in [6.07, 6.45) is 3.35. The SMILES string of the molecule is C=C1Nc2ccc(-n3c(C(=O)OC)nc4ccccc43)cc2N1.C=C1Nc2ccc(-n3c(C(C)C)nc4cc(C(=O)NC)ccc43)cc2N1.C=C1Nc2ccc(-n3cnc4ccccc43)cc2N1.CC(=O)NCCc1nc2ccccc2n1-c1ccc2[nH]c(=O)[nH]c2c1.CNC(=O)CCc1nc2ccccc2n1-c1ccc2[nH]c(=O)[nH]c2c1. The summed E-state index contributed by atoms with van der Waals surface area (Å²) in [4.78, 5) is 104. The molecule has 3 aliphatic rings. The summed E-state index contributed by atoms with van der Waals surface area (Å²) in [5.74, 6) is 4.73. The standard InChI is InChI=1S/C20H21N5O.2C18H17N5O2.C17H14N4O2.C15H12N4/c1-11(2)19-24-17-9-13(20(26)21-4)5-8-18(17)25(19)14-6-7-15-16(10-14)23-12(3)22-15;1-19-17(24)9-8-16-20-13-4-2-3-5-15(13)23(16)11-6-7-12-14(10-11)22-18(25)21-12;1-11(24)19-9-8-17-20-14-4-2-3-5-16(14)23(17)12-6-7-13-15(10-12)22-18(25)21-13;1-10-18-12-8-7-11(9-14(12)19-10)21-15-6-4-3-5-13(15)20-16(21)17(22)23-2;1-10-17-12-7-6-11(8-14(12)18-10)19-9-16-13-4-2-3-5-15(13)19/h5-11,22-23H,3H2,1-2,4H3,(H,21,26);2*2-7,10H,8-9H2,1H3,(H,19,24)(H2,21,22,25);3-9,18-19H,1H2,2H3;2-9,17-18H,1H2. The minimum absolute atomic E-state index is 0.0241. The Morgan fingerprint density at radius 3 is 1.40 bits per heavy atom. The van der Waals surface area contributed by atoms with Gasteiger partial charge in [-0.3, -0.25) is 37.2 Å². The first-order chi connectivity index (χ1) is 57.2. The third kappa shape index (κ3) is 15.4. The van der Waals surface area contributed by atoms with Gasteiger partial charge in [0.15, 0.2) is 0 Å². The first-order valence-electron chi connectivity index (χ1n) is 37.9. The molecule has 0 bridgehead atoms. The molecule has 0 radical (unpaired) electrons. The van der Waals surface area contributed by atoms with E-state index in [1.807, 2.05) is 187 Å². The highest BCUT2D eigenvalue weighted by atomic mass is 16.5. The highest BCUT2D eigenvalue weighted by Gasteiger charge is 2.25. The van der Waals surface area contributed by atoms with Crippen LogP contribution in [-0.4, -0.2) is 119 Å². The van der Waals surface area contributed by atoms with Crippen molar-refractivity contribution < 1.29 is 23.9 Å². The van der Waals surface area contributed by atoms with Crippen molar-refractivity contribution in [1.82, 2.24) is 83.6 Å². The van der Waals surface area contributed by atoms with Gasteiger partial charge in [-0.25, -0.2) is 39.3 Å². The first-order valence-corrected chi connectivity index (χ1v) is 37.9. The number of benzene rings is 10. The molecule has 13 N–H and O–H groups in total. The van der Waals surface area contributed by atoms with E-state index in [4.69, 9.17) is 14.7 Å². The maximum absolute atomic E-state index is 12.1. The van der Waals surface area contributed by atoms with Crippen LogP contribution < -0.4 is 59.2 Å². The first kappa shape index (κ1) is 76.0.